The Morgan fingerprint density at radius 2 is 1.95 bits per heavy atom. The van der Waals surface area contributed by atoms with Gasteiger partial charge in [-0.05, 0) is 31.2 Å². The summed E-state index contributed by atoms with van der Waals surface area (Å²) < 4.78 is 10.6. The van der Waals surface area contributed by atoms with Crippen molar-refractivity contribution in [3.63, 3.8) is 0 Å². The summed E-state index contributed by atoms with van der Waals surface area (Å²) in [6.45, 7) is 3.31. The fourth-order valence-electron chi connectivity index (χ4n) is 3.68. The maximum atomic E-state index is 5.61. The van der Waals surface area contributed by atoms with Crippen molar-refractivity contribution in [1.82, 2.24) is 4.90 Å². The predicted octanol–water partition coefficient (Wildman–Crippen LogP) is 3.40. The van der Waals surface area contributed by atoms with E-state index in [4.69, 9.17) is 9.47 Å². The van der Waals surface area contributed by atoms with Gasteiger partial charge in [0, 0.05) is 25.7 Å². The van der Waals surface area contributed by atoms with Crippen molar-refractivity contribution in [2.45, 2.75) is 44.3 Å². The standard InChI is InChI=1S/C19H27NO2/c1-21-11-12-22-10-9-17-13-18-7-8-19(14-17)20(18)15-16-5-3-2-4-6-16/h2-6,13,18-19H,7-12,14-15H2,1H3. The van der Waals surface area contributed by atoms with Crippen LogP contribution in [0.25, 0.3) is 0 Å². The molecule has 3 heteroatoms. The van der Waals surface area contributed by atoms with Crippen LogP contribution in [0, 0.1) is 0 Å². The molecule has 1 aromatic rings. The van der Waals surface area contributed by atoms with Gasteiger partial charge in [0.1, 0.15) is 0 Å². The average molecular weight is 301 g/mol. The lowest BCUT2D eigenvalue weighted by molar-refractivity contribution is 0.0711. The maximum absolute atomic E-state index is 5.61. The minimum atomic E-state index is 0.632. The Bertz CT molecular complexity index is 485. The molecule has 0 saturated carbocycles. The van der Waals surface area contributed by atoms with Gasteiger partial charge in [-0.3, -0.25) is 4.90 Å². The van der Waals surface area contributed by atoms with Crippen molar-refractivity contribution in [3.8, 4) is 0 Å². The molecule has 1 saturated heterocycles. The van der Waals surface area contributed by atoms with Gasteiger partial charge in [-0.2, -0.15) is 0 Å². The summed E-state index contributed by atoms with van der Waals surface area (Å²) in [4.78, 5) is 2.69. The van der Waals surface area contributed by atoms with Gasteiger partial charge in [0.05, 0.1) is 19.8 Å². The molecule has 2 bridgehead atoms. The summed E-state index contributed by atoms with van der Waals surface area (Å²) in [7, 11) is 1.71. The highest BCUT2D eigenvalue weighted by Gasteiger charge is 2.35. The number of benzene rings is 1. The van der Waals surface area contributed by atoms with Crippen LogP contribution in [-0.2, 0) is 16.0 Å². The molecule has 1 fully saturated rings. The van der Waals surface area contributed by atoms with E-state index < -0.39 is 0 Å². The summed E-state index contributed by atoms with van der Waals surface area (Å²) in [5.74, 6) is 0. The van der Waals surface area contributed by atoms with E-state index in [1.165, 1.54) is 24.8 Å². The van der Waals surface area contributed by atoms with Crippen LogP contribution in [0.4, 0.5) is 0 Å². The zero-order valence-corrected chi connectivity index (χ0v) is 13.5. The van der Waals surface area contributed by atoms with E-state index in [9.17, 15) is 0 Å². The minimum Gasteiger partial charge on any atom is -0.382 e. The molecule has 0 aliphatic carbocycles. The van der Waals surface area contributed by atoms with E-state index in [2.05, 4.69) is 41.3 Å². The number of fused-ring (bicyclic) bond motifs is 2. The third-order valence-electron chi connectivity index (χ3n) is 4.82. The van der Waals surface area contributed by atoms with Crippen molar-refractivity contribution >= 4 is 0 Å². The number of ether oxygens (including phenoxy) is 2. The zero-order valence-electron chi connectivity index (χ0n) is 13.5. The Morgan fingerprint density at radius 3 is 2.73 bits per heavy atom. The molecule has 3 rings (SSSR count). The molecular weight excluding hydrogens is 274 g/mol. The number of methoxy groups -OCH3 is 1. The number of hydrogen-bond acceptors (Lipinski definition) is 3. The van der Waals surface area contributed by atoms with Crippen LogP contribution < -0.4 is 0 Å². The molecule has 0 amide bonds. The molecule has 2 unspecified atom stereocenters. The van der Waals surface area contributed by atoms with Gasteiger partial charge in [-0.15, -0.1) is 0 Å². The second-order valence-corrected chi connectivity index (χ2v) is 6.34. The molecule has 1 aromatic carbocycles. The minimum absolute atomic E-state index is 0.632. The number of rotatable bonds is 8. The predicted molar refractivity (Wildman–Crippen MR) is 88.8 cm³/mol. The molecule has 3 nitrogen and oxygen atoms in total. The number of hydrogen-bond donors (Lipinski definition) is 0. The first kappa shape index (κ1) is 15.7. The second-order valence-electron chi connectivity index (χ2n) is 6.34. The molecule has 2 aliphatic heterocycles. The van der Waals surface area contributed by atoms with E-state index in [-0.39, 0.29) is 0 Å². The topological polar surface area (TPSA) is 21.7 Å². The Balaban J connectivity index is 1.51. The zero-order chi connectivity index (χ0) is 15.2. The summed E-state index contributed by atoms with van der Waals surface area (Å²) in [5.41, 5.74) is 3.02. The summed E-state index contributed by atoms with van der Waals surface area (Å²) in [5, 5.41) is 0. The van der Waals surface area contributed by atoms with Crippen molar-refractivity contribution < 1.29 is 9.47 Å². The van der Waals surface area contributed by atoms with Crippen LogP contribution in [0.5, 0.6) is 0 Å². The van der Waals surface area contributed by atoms with E-state index >= 15 is 0 Å². The Kier molecular flexibility index (Phi) is 5.65. The first-order chi connectivity index (χ1) is 10.9. The number of nitrogens with zero attached hydrogens (tertiary/aromatic N) is 1. The molecule has 2 atom stereocenters. The first-order valence-electron chi connectivity index (χ1n) is 8.42. The highest BCUT2D eigenvalue weighted by molar-refractivity contribution is 5.21. The van der Waals surface area contributed by atoms with Crippen LogP contribution >= 0.6 is 0 Å². The first-order valence-corrected chi connectivity index (χ1v) is 8.42. The third-order valence-corrected chi connectivity index (χ3v) is 4.82. The highest BCUT2D eigenvalue weighted by Crippen LogP contribution is 2.36. The summed E-state index contributed by atoms with van der Waals surface area (Å²) >= 11 is 0. The van der Waals surface area contributed by atoms with Crippen LogP contribution in [0.15, 0.2) is 42.0 Å². The molecule has 2 heterocycles. The fraction of sp³-hybridized carbons (Fsp3) is 0.579. The Hall–Kier alpha value is -1.16. The van der Waals surface area contributed by atoms with E-state index in [0.29, 0.717) is 19.3 Å². The Labute approximate surface area is 133 Å². The van der Waals surface area contributed by atoms with E-state index in [0.717, 1.165) is 25.6 Å². The van der Waals surface area contributed by atoms with Gasteiger partial charge >= 0.3 is 0 Å². The Morgan fingerprint density at radius 1 is 1.09 bits per heavy atom. The quantitative estimate of drug-likeness (QED) is 0.542. The second kappa shape index (κ2) is 7.91. The third kappa shape index (κ3) is 3.97. The lowest BCUT2D eigenvalue weighted by Crippen LogP contribution is -2.38. The van der Waals surface area contributed by atoms with Crippen LogP contribution in [-0.4, -0.2) is 43.9 Å². The molecule has 0 aromatic heterocycles. The molecule has 2 aliphatic rings. The molecule has 120 valence electrons. The molecule has 0 N–H and O–H groups in total. The van der Waals surface area contributed by atoms with Gasteiger partial charge in [-0.25, -0.2) is 0 Å². The smallest absolute Gasteiger partial charge is 0.0700 e. The fourth-order valence-corrected chi connectivity index (χ4v) is 3.68. The van der Waals surface area contributed by atoms with Crippen molar-refractivity contribution in [1.29, 1.82) is 0 Å². The van der Waals surface area contributed by atoms with Crippen molar-refractivity contribution in [2.24, 2.45) is 0 Å². The van der Waals surface area contributed by atoms with Crippen LogP contribution in [0.3, 0.4) is 0 Å². The SMILES string of the molecule is COCCOCCC1=CC2CCC(C1)N2Cc1ccccc1. The highest BCUT2D eigenvalue weighted by atomic mass is 16.5. The van der Waals surface area contributed by atoms with Crippen molar-refractivity contribution in [2.75, 3.05) is 26.9 Å². The molecule has 0 spiro atoms. The summed E-state index contributed by atoms with van der Waals surface area (Å²) in [6.07, 6.45) is 7.45. The van der Waals surface area contributed by atoms with E-state index in [1.54, 1.807) is 12.7 Å². The maximum Gasteiger partial charge on any atom is 0.0700 e. The summed E-state index contributed by atoms with van der Waals surface area (Å²) in [6, 6.07) is 12.2. The monoisotopic (exact) mass is 301 g/mol. The van der Waals surface area contributed by atoms with E-state index in [1.807, 2.05) is 0 Å². The largest absolute Gasteiger partial charge is 0.382 e. The normalized spacial score (nSPS) is 24.5. The lowest BCUT2D eigenvalue weighted by atomic mass is 9.98. The van der Waals surface area contributed by atoms with Gasteiger partial charge in [0.25, 0.3) is 0 Å². The van der Waals surface area contributed by atoms with Crippen molar-refractivity contribution in [3.05, 3.63) is 47.5 Å². The molecule has 0 radical (unpaired) electrons. The molecule has 22 heavy (non-hydrogen) atoms. The van der Waals surface area contributed by atoms with Gasteiger partial charge in [-0.1, -0.05) is 42.0 Å². The van der Waals surface area contributed by atoms with Gasteiger partial charge in [0.15, 0.2) is 0 Å². The van der Waals surface area contributed by atoms with Crippen LogP contribution in [0.2, 0.25) is 0 Å². The van der Waals surface area contributed by atoms with Gasteiger partial charge < -0.3 is 9.47 Å². The van der Waals surface area contributed by atoms with Gasteiger partial charge in [0.2, 0.25) is 0 Å². The average Bonchev–Trinajstić information content (AvgIpc) is 2.78. The molecular formula is C19H27NO2. The van der Waals surface area contributed by atoms with Crippen LogP contribution in [0.1, 0.15) is 31.2 Å². The lowest BCUT2D eigenvalue weighted by Gasteiger charge is -2.34.